The van der Waals surface area contributed by atoms with Gasteiger partial charge in [0, 0.05) is 25.4 Å². The first-order valence-electron chi connectivity index (χ1n) is 11.3. The molecule has 30 heavy (non-hydrogen) atoms. The fourth-order valence-electron chi connectivity index (χ4n) is 2.65. The summed E-state index contributed by atoms with van der Waals surface area (Å²) in [6.45, 7) is 10.3. The molecule has 0 spiro atoms. The molecule has 0 amide bonds. The van der Waals surface area contributed by atoms with E-state index >= 15 is 0 Å². The van der Waals surface area contributed by atoms with Crippen LogP contribution in [0.1, 0.15) is 84.0 Å². The lowest BCUT2D eigenvalue weighted by atomic mass is 10.0. The van der Waals surface area contributed by atoms with Gasteiger partial charge in [0.25, 0.3) is 0 Å². The Balaban J connectivity index is 0. The van der Waals surface area contributed by atoms with Gasteiger partial charge >= 0.3 is 11.9 Å². The van der Waals surface area contributed by atoms with Crippen LogP contribution in [-0.2, 0) is 19.1 Å². The summed E-state index contributed by atoms with van der Waals surface area (Å²) >= 11 is 0. The van der Waals surface area contributed by atoms with Gasteiger partial charge in [-0.25, -0.2) is 9.59 Å². The molecular weight excluding hydrogens is 384 g/mol. The molecule has 6 nitrogen and oxygen atoms in total. The number of hydrogen-bond donors (Lipinski definition) is 2. The lowest BCUT2D eigenvalue weighted by Gasteiger charge is -2.10. The second-order valence-electron chi connectivity index (χ2n) is 7.44. The van der Waals surface area contributed by atoms with Gasteiger partial charge in [0.15, 0.2) is 0 Å². The SMILES string of the molecule is C=CC(=O)OCCCCCCC(C)COC(=O)C=C.OCCCCCCCCCO. The van der Waals surface area contributed by atoms with Crippen molar-refractivity contribution < 1.29 is 29.3 Å². The van der Waals surface area contributed by atoms with Crippen LogP contribution < -0.4 is 0 Å². The minimum atomic E-state index is -0.365. The molecule has 6 heteroatoms. The van der Waals surface area contributed by atoms with Crippen LogP contribution in [0.5, 0.6) is 0 Å². The van der Waals surface area contributed by atoms with Crippen LogP contribution in [0.4, 0.5) is 0 Å². The van der Waals surface area contributed by atoms with Crippen molar-refractivity contribution in [1.29, 1.82) is 0 Å². The number of unbranched alkanes of at least 4 members (excludes halogenated alkanes) is 9. The Bertz CT molecular complexity index is 414. The summed E-state index contributed by atoms with van der Waals surface area (Å²) in [6, 6.07) is 0. The van der Waals surface area contributed by atoms with E-state index in [-0.39, 0.29) is 11.9 Å². The molecule has 176 valence electrons. The molecule has 0 bridgehead atoms. The normalized spacial score (nSPS) is 11.0. The summed E-state index contributed by atoms with van der Waals surface area (Å²) in [5.41, 5.74) is 0. The van der Waals surface area contributed by atoms with Gasteiger partial charge < -0.3 is 19.7 Å². The maximum absolute atomic E-state index is 10.9. The number of carbonyl (C=O) groups is 2. The summed E-state index contributed by atoms with van der Waals surface area (Å²) in [7, 11) is 0. The molecule has 0 saturated carbocycles. The van der Waals surface area contributed by atoms with Crippen molar-refractivity contribution in [3.05, 3.63) is 25.3 Å². The molecule has 0 aliphatic carbocycles. The van der Waals surface area contributed by atoms with Crippen LogP contribution in [0.25, 0.3) is 0 Å². The van der Waals surface area contributed by atoms with Crippen molar-refractivity contribution in [2.24, 2.45) is 5.92 Å². The van der Waals surface area contributed by atoms with E-state index in [0.717, 1.165) is 57.8 Å². The Kier molecular flexibility index (Phi) is 25.8. The van der Waals surface area contributed by atoms with E-state index in [2.05, 4.69) is 20.1 Å². The first-order chi connectivity index (χ1) is 14.5. The number of aliphatic hydroxyl groups excluding tert-OH is 2. The quantitative estimate of drug-likeness (QED) is 0.175. The van der Waals surface area contributed by atoms with Crippen molar-refractivity contribution in [1.82, 2.24) is 0 Å². The van der Waals surface area contributed by atoms with Gasteiger partial charge in [-0.15, -0.1) is 0 Å². The van der Waals surface area contributed by atoms with E-state index in [1.165, 1.54) is 31.4 Å². The van der Waals surface area contributed by atoms with Crippen LogP contribution in [0.2, 0.25) is 0 Å². The first-order valence-corrected chi connectivity index (χ1v) is 11.3. The van der Waals surface area contributed by atoms with Crippen molar-refractivity contribution in [3.8, 4) is 0 Å². The highest BCUT2D eigenvalue weighted by molar-refractivity contribution is 5.81. The van der Waals surface area contributed by atoms with Gasteiger partial charge in [-0.2, -0.15) is 0 Å². The third-order valence-corrected chi connectivity index (χ3v) is 4.50. The van der Waals surface area contributed by atoms with Crippen LogP contribution in [0, 0.1) is 5.92 Å². The van der Waals surface area contributed by atoms with Crippen LogP contribution in [0.15, 0.2) is 25.3 Å². The summed E-state index contributed by atoms with van der Waals surface area (Å²) in [6.07, 6.45) is 15.3. The molecule has 0 rings (SSSR count). The molecule has 0 aliphatic rings. The fourth-order valence-corrected chi connectivity index (χ4v) is 2.65. The molecule has 0 aromatic carbocycles. The minimum absolute atomic E-state index is 0.330. The zero-order chi connectivity index (χ0) is 22.9. The van der Waals surface area contributed by atoms with Gasteiger partial charge in [-0.1, -0.05) is 71.4 Å². The molecule has 2 N–H and O–H groups in total. The third kappa shape index (κ3) is 26.3. The highest BCUT2D eigenvalue weighted by Gasteiger charge is 2.04. The molecule has 0 aromatic heterocycles. The molecule has 0 aliphatic heterocycles. The Morgan fingerprint density at radius 2 is 1.17 bits per heavy atom. The number of esters is 2. The van der Waals surface area contributed by atoms with Crippen molar-refractivity contribution in [2.45, 2.75) is 84.0 Å². The second-order valence-corrected chi connectivity index (χ2v) is 7.44. The molecule has 0 aromatic rings. The number of aliphatic hydroxyl groups is 2. The van der Waals surface area contributed by atoms with Gasteiger partial charge in [-0.05, 0) is 31.6 Å². The Hall–Kier alpha value is -1.66. The topological polar surface area (TPSA) is 93.1 Å². The average molecular weight is 429 g/mol. The maximum atomic E-state index is 10.9. The molecule has 1 unspecified atom stereocenters. The van der Waals surface area contributed by atoms with E-state index in [0.29, 0.717) is 32.3 Å². The summed E-state index contributed by atoms with van der Waals surface area (Å²) < 4.78 is 9.84. The highest BCUT2D eigenvalue weighted by Crippen LogP contribution is 2.11. The van der Waals surface area contributed by atoms with E-state index in [1.54, 1.807) is 0 Å². The summed E-state index contributed by atoms with van der Waals surface area (Å²) in [5.74, 6) is -0.365. The third-order valence-electron chi connectivity index (χ3n) is 4.50. The van der Waals surface area contributed by atoms with Gasteiger partial charge in [-0.3, -0.25) is 0 Å². The standard InChI is InChI=1S/C15H24O4.C9H20O2/c1-4-14(16)18-11-9-7-6-8-10-13(3)12-19-15(17)5-2;10-8-6-4-2-1-3-5-7-9-11/h4-5,13H,1-2,6-12H2,3H3;10-11H,1-9H2. The number of ether oxygens (including phenoxy) is 2. The van der Waals surface area contributed by atoms with Crippen LogP contribution in [-0.4, -0.2) is 48.6 Å². The zero-order valence-electron chi connectivity index (χ0n) is 19.0. The van der Waals surface area contributed by atoms with Crippen molar-refractivity contribution in [2.75, 3.05) is 26.4 Å². The van der Waals surface area contributed by atoms with E-state index in [4.69, 9.17) is 19.7 Å². The van der Waals surface area contributed by atoms with E-state index in [1.807, 2.05) is 0 Å². The lowest BCUT2D eigenvalue weighted by molar-refractivity contribution is -0.139. The van der Waals surface area contributed by atoms with Crippen molar-refractivity contribution >= 4 is 11.9 Å². The summed E-state index contributed by atoms with van der Waals surface area (Å²) in [4.78, 5) is 21.6. The predicted octanol–water partition coefficient (Wildman–Crippen LogP) is 4.73. The maximum Gasteiger partial charge on any atom is 0.330 e. The van der Waals surface area contributed by atoms with E-state index < -0.39 is 0 Å². The molecule has 0 saturated heterocycles. The molecule has 1 atom stereocenters. The van der Waals surface area contributed by atoms with E-state index in [9.17, 15) is 9.59 Å². The van der Waals surface area contributed by atoms with Crippen molar-refractivity contribution in [3.63, 3.8) is 0 Å². The predicted molar refractivity (Wildman–Crippen MR) is 121 cm³/mol. The number of hydrogen-bond acceptors (Lipinski definition) is 6. The van der Waals surface area contributed by atoms with Gasteiger partial charge in [0.05, 0.1) is 13.2 Å². The smallest absolute Gasteiger partial charge is 0.330 e. The largest absolute Gasteiger partial charge is 0.463 e. The fraction of sp³-hybridized carbons (Fsp3) is 0.750. The van der Waals surface area contributed by atoms with Gasteiger partial charge in [0.1, 0.15) is 0 Å². The Morgan fingerprint density at radius 3 is 1.67 bits per heavy atom. The van der Waals surface area contributed by atoms with Crippen LogP contribution in [0.3, 0.4) is 0 Å². The minimum Gasteiger partial charge on any atom is -0.463 e. The van der Waals surface area contributed by atoms with Crippen LogP contribution >= 0.6 is 0 Å². The average Bonchev–Trinajstić information content (AvgIpc) is 2.76. The highest BCUT2D eigenvalue weighted by atomic mass is 16.5. The first kappa shape index (κ1) is 30.5. The summed E-state index contributed by atoms with van der Waals surface area (Å²) in [5, 5.41) is 16.9. The zero-order valence-corrected chi connectivity index (χ0v) is 19.0. The Morgan fingerprint density at radius 1 is 0.733 bits per heavy atom. The lowest BCUT2D eigenvalue weighted by Crippen LogP contribution is -2.09. The molecule has 0 fully saturated rings. The number of rotatable bonds is 19. The van der Waals surface area contributed by atoms with Gasteiger partial charge in [0.2, 0.25) is 0 Å². The Labute approximate surface area is 183 Å². The molecule has 0 radical (unpaired) electrons. The molecular formula is C24H44O6. The number of carbonyl (C=O) groups excluding carboxylic acids is 2. The second kappa shape index (κ2) is 25.4. The monoisotopic (exact) mass is 428 g/mol. The molecule has 0 heterocycles.